The second kappa shape index (κ2) is 12.5. The standard InChI is InChI=1S/C29H33Cl2N5O3S/c1-3-20-5-4-8-36(20)16-25-28(19-11-21(30)17(2)22(31)12-19)34-27(40-25)13-24(37)23-14-33-26(15-32-23)35-9-6-18(7-10-35)29(38)39/h11-12,14-15,18,20H,3-10,13,16H2,1-2H3,(H,38,39)/t20-/m1/s1. The van der Waals surface area contributed by atoms with Gasteiger partial charge in [-0.3, -0.25) is 14.5 Å². The Bertz CT molecular complexity index is 1370. The number of likely N-dealkylation sites (tertiary alicyclic amines) is 1. The van der Waals surface area contributed by atoms with Gasteiger partial charge in [-0.05, 0) is 63.3 Å². The van der Waals surface area contributed by atoms with Crippen LogP contribution in [0.2, 0.25) is 10.0 Å². The summed E-state index contributed by atoms with van der Waals surface area (Å²) in [6.45, 7) is 7.15. The number of piperidine rings is 1. The minimum Gasteiger partial charge on any atom is -0.481 e. The molecule has 1 N–H and O–H groups in total. The Hall–Kier alpha value is -2.59. The van der Waals surface area contributed by atoms with Gasteiger partial charge in [-0.1, -0.05) is 30.1 Å². The Kier molecular flexibility index (Phi) is 9.05. The molecule has 1 aromatic carbocycles. The molecule has 0 amide bonds. The minimum absolute atomic E-state index is 0.125. The van der Waals surface area contributed by atoms with Crippen molar-refractivity contribution in [1.82, 2.24) is 19.9 Å². The third-order valence-corrected chi connectivity index (χ3v) is 9.84. The van der Waals surface area contributed by atoms with Crippen molar-refractivity contribution in [3.8, 4) is 11.3 Å². The van der Waals surface area contributed by atoms with E-state index in [1.807, 2.05) is 24.0 Å². The van der Waals surface area contributed by atoms with Gasteiger partial charge >= 0.3 is 5.97 Å². The third kappa shape index (κ3) is 6.33. The number of carbonyl (C=O) groups is 2. The molecule has 2 aliphatic heterocycles. The molecule has 4 heterocycles. The fraction of sp³-hybridized carbons (Fsp3) is 0.483. The van der Waals surface area contributed by atoms with Gasteiger partial charge in [0.1, 0.15) is 16.5 Å². The molecule has 11 heteroatoms. The Morgan fingerprint density at radius 1 is 1.07 bits per heavy atom. The van der Waals surface area contributed by atoms with Crippen LogP contribution in [-0.2, 0) is 17.8 Å². The van der Waals surface area contributed by atoms with Crippen LogP contribution in [0.1, 0.15) is 65.0 Å². The van der Waals surface area contributed by atoms with Crippen molar-refractivity contribution in [2.24, 2.45) is 5.92 Å². The van der Waals surface area contributed by atoms with Crippen molar-refractivity contribution >= 4 is 52.1 Å². The van der Waals surface area contributed by atoms with E-state index < -0.39 is 5.97 Å². The van der Waals surface area contributed by atoms with E-state index in [1.165, 1.54) is 19.0 Å². The molecule has 2 aliphatic rings. The number of anilines is 1. The van der Waals surface area contributed by atoms with Gasteiger partial charge in [0, 0.05) is 46.2 Å². The fourth-order valence-electron chi connectivity index (χ4n) is 5.55. The van der Waals surface area contributed by atoms with Crippen LogP contribution in [0.4, 0.5) is 5.82 Å². The Balaban J connectivity index is 1.34. The highest BCUT2D eigenvalue weighted by atomic mass is 35.5. The van der Waals surface area contributed by atoms with E-state index in [1.54, 1.807) is 17.5 Å². The molecule has 0 saturated carbocycles. The molecule has 5 rings (SSSR count). The monoisotopic (exact) mass is 601 g/mol. The summed E-state index contributed by atoms with van der Waals surface area (Å²) in [6, 6.07) is 4.35. The number of carboxylic acid groups (broad SMARTS) is 1. The molecule has 212 valence electrons. The van der Waals surface area contributed by atoms with Crippen LogP contribution in [-0.4, -0.2) is 62.4 Å². The lowest BCUT2D eigenvalue weighted by molar-refractivity contribution is -0.142. The second-order valence-corrected chi connectivity index (χ2v) is 12.6. The highest BCUT2D eigenvalue weighted by molar-refractivity contribution is 7.12. The fourth-order valence-corrected chi connectivity index (χ4v) is 7.16. The molecule has 8 nitrogen and oxygen atoms in total. The molecule has 3 aromatic rings. The number of nitrogens with zero attached hydrogens (tertiary/aromatic N) is 5. The summed E-state index contributed by atoms with van der Waals surface area (Å²) in [5.41, 5.74) is 2.80. The van der Waals surface area contributed by atoms with Crippen LogP contribution in [0.15, 0.2) is 24.5 Å². The first-order valence-electron chi connectivity index (χ1n) is 13.7. The molecule has 0 radical (unpaired) electrons. The number of rotatable bonds is 9. The molecule has 40 heavy (non-hydrogen) atoms. The van der Waals surface area contributed by atoms with E-state index >= 15 is 0 Å². The maximum atomic E-state index is 13.2. The maximum Gasteiger partial charge on any atom is 0.306 e. The van der Waals surface area contributed by atoms with Gasteiger partial charge in [0.25, 0.3) is 0 Å². The molecule has 2 aromatic heterocycles. The summed E-state index contributed by atoms with van der Waals surface area (Å²) in [5, 5.41) is 11.1. The molecule has 0 spiro atoms. The summed E-state index contributed by atoms with van der Waals surface area (Å²) in [4.78, 5) is 43.8. The summed E-state index contributed by atoms with van der Waals surface area (Å²) < 4.78 is 0. The number of aliphatic carboxylic acids is 1. The lowest BCUT2D eigenvalue weighted by atomic mass is 9.97. The first-order valence-corrected chi connectivity index (χ1v) is 15.3. The van der Waals surface area contributed by atoms with E-state index in [2.05, 4.69) is 21.8 Å². The van der Waals surface area contributed by atoms with Gasteiger partial charge in [0.15, 0.2) is 5.78 Å². The molecular weight excluding hydrogens is 569 g/mol. The van der Waals surface area contributed by atoms with Gasteiger partial charge in [-0.25, -0.2) is 15.0 Å². The second-order valence-electron chi connectivity index (χ2n) is 10.6. The predicted octanol–water partition coefficient (Wildman–Crippen LogP) is 6.32. The number of halogens is 2. The Labute approximate surface area is 248 Å². The van der Waals surface area contributed by atoms with Crippen LogP contribution in [0.25, 0.3) is 11.3 Å². The van der Waals surface area contributed by atoms with Crippen molar-refractivity contribution < 1.29 is 14.7 Å². The average molecular weight is 603 g/mol. The van der Waals surface area contributed by atoms with Gasteiger partial charge in [0.05, 0.1) is 30.4 Å². The number of carbonyl (C=O) groups excluding carboxylic acids is 1. The number of thiazole rings is 1. The number of hydrogen-bond acceptors (Lipinski definition) is 8. The molecule has 0 bridgehead atoms. The summed E-state index contributed by atoms with van der Waals surface area (Å²) >= 11 is 14.5. The SMILES string of the molecule is CC[C@@H]1CCCN1Cc1sc(CC(=O)c2cnc(N3CCC(C(=O)O)CC3)cn2)nc1-c1cc(Cl)c(C)c(Cl)c1. The molecule has 2 fully saturated rings. The van der Waals surface area contributed by atoms with Crippen LogP contribution >= 0.6 is 34.5 Å². The van der Waals surface area contributed by atoms with Gasteiger partial charge in [0.2, 0.25) is 0 Å². The van der Waals surface area contributed by atoms with Crippen LogP contribution < -0.4 is 4.90 Å². The molecule has 2 saturated heterocycles. The van der Waals surface area contributed by atoms with Crippen molar-refractivity contribution in [3.05, 3.63) is 55.7 Å². The number of carboxylic acids is 1. The zero-order valence-corrected chi connectivity index (χ0v) is 25.0. The first-order chi connectivity index (χ1) is 19.2. The van der Waals surface area contributed by atoms with Crippen molar-refractivity contribution in [1.29, 1.82) is 0 Å². The van der Waals surface area contributed by atoms with Crippen molar-refractivity contribution in [3.63, 3.8) is 0 Å². The zero-order valence-electron chi connectivity index (χ0n) is 22.7. The normalized spacial score (nSPS) is 18.4. The van der Waals surface area contributed by atoms with Gasteiger partial charge in [-0.15, -0.1) is 11.3 Å². The van der Waals surface area contributed by atoms with Crippen molar-refractivity contribution in [2.75, 3.05) is 24.5 Å². The third-order valence-electron chi connectivity index (χ3n) is 8.02. The molecular formula is C29H33Cl2N5O3S. The smallest absolute Gasteiger partial charge is 0.306 e. The quantitative estimate of drug-likeness (QED) is 0.284. The van der Waals surface area contributed by atoms with Crippen molar-refractivity contribution in [2.45, 2.75) is 65.0 Å². The molecule has 0 unspecified atom stereocenters. The van der Waals surface area contributed by atoms with Crippen LogP contribution in [0.5, 0.6) is 0 Å². The Morgan fingerprint density at radius 2 is 1.80 bits per heavy atom. The van der Waals surface area contributed by atoms with E-state index in [0.717, 1.165) is 46.2 Å². The van der Waals surface area contributed by atoms with Crippen LogP contribution in [0.3, 0.4) is 0 Å². The molecule has 0 aliphatic carbocycles. The highest BCUT2D eigenvalue weighted by Gasteiger charge is 2.27. The topological polar surface area (TPSA) is 99.5 Å². The minimum atomic E-state index is -0.751. The number of aromatic nitrogens is 3. The van der Waals surface area contributed by atoms with Crippen LogP contribution in [0, 0.1) is 12.8 Å². The first kappa shape index (κ1) is 28.9. The zero-order chi connectivity index (χ0) is 28.4. The predicted molar refractivity (Wildman–Crippen MR) is 159 cm³/mol. The lowest BCUT2D eigenvalue weighted by Gasteiger charge is -2.30. The number of Topliss-reactive ketones (excluding diaryl/α,β-unsaturated/α-hetero) is 1. The summed E-state index contributed by atoms with van der Waals surface area (Å²) in [5.74, 6) is -0.561. The summed E-state index contributed by atoms with van der Waals surface area (Å²) in [6.07, 6.45) is 7.86. The van der Waals surface area contributed by atoms with Gasteiger partial charge < -0.3 is 10.0 Å². The summed E-state index contributed by atoms with van der Waals surface area (Å²) in [7, 11) is 0. The van der Waals surface area contributed by atoms with E-state index in [9.17, 15) is 14.7 Å². The van der Waals surface area contributed by atoms with E-state index in [4.69, 9.17) is 28.2 Å². The number of hydrogen-bond donors (Lipinski definition) is 1. The maximum absolute atomic E-state index is 13.2. The lowest BCUT2D eigenvalue weighted by Crippen LogP contribution is -2.36. The van der Waals surface area contributed by atoms with Gasteiger partial charge in [-0.2, -0.15) is 0 Å². The Morgan fingerprint density at radius 3 is 2.42 bits per heavy atom. The molecule has 1 atom stereocenters. The highest BCUT2D eigenvalue weighted by Crippen LogP contribution is 2.36. The largest absolute Gasteiger partial charge is 0.481 e. The number of ketones is 1. The number of benzene rings is 1. The van der Waals surface area contributed by atoms with E-state index in [-0.39, 0.29) is 23.8 Å². The average Bonchev–Trinajstić information content (AvgIpc) is 3.58. The van der Waals surface area contributed by atoms with E-state index in [0.29, 0.717) is 47.8 Å².